The Hall–Kier alpha value is -3.33. The van der Waals surface area contributed by atoms with Gasteiger partial charge in [-0.15, -0.1) is 0 Å². The highest BCUT2D eigenvalue weighted by molar-refractivity contribution is 5.93. The predicted octanol–water partition coefficient (Wildman–Crippen LogP) is 4.30. The van der Waals surface area contributed by atoms with E-state index in [4.69, 9.17) is 0 Å². The van der Waals surface area contributed by atoms with Gasteiger partial charge in [-0.3, -0.25) is 9.59 Å². The molecular formula is C28H35FN6O2. The van der Waals surface area contributed by atoms with Gasteiger partial charge in [0.05, 0.1) is 17.8 Å². The van der Waals surface area contributed by atoms with Crippen LogP contribution >= 0.6 is 0 Å². The molecule has 8 nitrogen and oxygen atoms in total. The highest BCUT2D eigenvalue weighted by Crippen LogP contribution is 2.32. The maximum absolute atomic E-state index is 14.9. The van der Waals surface area contributed by atoms with Gasteiger partial charge in [0.1, 0.15) is 11.3 Å². The molecule has 9 heteroatoms. The third kappa shape index (κ3) is 5.23. The Kier molecular flexibility index (Phi) is 6.98. The number of benzene rings is 1. The lowest BCUT2D eigenvalue weighted by Gasteiger charge is -2.37. The van der Waals surface area contributed by atoms with Crippen molar-refractivity contribution in [3.8, 4) is 11.1 Å². The molecule has 0 bridgehead atoms. The first kappa shape index (κ1) is 25.3. The molecule has 5 rings (SSSR count). The van der Waals surface area contributed by atoms with Crippen LogP contribution in [0.25, 0.3) is 22.2 Å². The number of rotatable bonds is 6. The van der Waals surface area contributed by atoms with Gasteiger partial charge in [0.25, 0.3) is 0 Å². The summed E-state index contributed by atoms with van der Waals surface area (Å²) in [7, 11) is 2.00. The number of imidazole rings is 1. The van der Waals surface area contributed by atoms with Gasteiger partial charge in [0, 0.05) is 37.3 Å². The number of nitrogens with one attached hydrogen (secondary N) is 2. The van der Waals surface area contributed by atoms with E-state index in [1.54, 1.807) is 18.6 Å². The summed E-state index contributed by atoms with van der Waals surface area (Å²) in [6, 6.07) is 5.40. The van der Waals surface area contributed by atoms with Crippen LogP contribution in [0.15, 0.2) is 30.7 Å². The van der Waals surface area contributed by atoms with Gasteiger partial charge in [-0.2, -0.15) is 0 Å². The molecule has 2 N–H and O–H groups in total. The van der Waals surface area contributed by atoms with E-state index in [9.17, 15) is 14.0 Å². The van der Waals surface area contributed by atoms with Crippen molar-refractivity contribution in [3.63, 3.8) is 0 Å². The van der Waals surface area contributed by atoms with Crippen LogP contribution in [-0.4, -0.2) is 57.4 Å². The minimum Gasteiger partial charge on any atom is -0.353 e. The first-order chi connectivity index (χ1) is 17.7. The lowest BCUT2D eigenvalue weighted by Crippen LogP contribution is -2.54. The molecule has 37 heavy (non-hydrogen) atoms. The number of aromatic nitrogens is 3. The zero-order valence-corrected chi connectivity index (χ0v) is 21.9. The lowest BCUT2D eigenvalue weighted by molar-refractivity contribution is -0.131. The molecule has 2 fully saturated rings. The quantitative estimate of drug-likeness (QED) is 0.520. The number of aryl methyl sites for hydroxylation is 1. The van der Waals surface area contributed by atoms with Gasteiger partial charge in [-0.05, 0) is 82.0 Å². The maximum atomic E-state index is 14.9. The molecule has 3 heterocycles. The number of pyridine rings is 1. The molecule has 0 spiro atoms. The fourth-order valence-electron chi connectivity index (χ4n) is 5.53. The van der Waals surface area contributed by atoms with E-state index in [1.165, 1.54) is 6.07 Å². The topological polar surface area (TPSA) is 92.2 Å². The zero-order chi connectivity index (χ0) is 26.3. The van der Waals surface area contributed by atoms with Gasteiger partial charge < -0.3 is 20.1 Å². The molecule has 1 aliphatic heterocycles. The highest BCUT2D eigenvalue weighted by Gasteiger charge is 2.33. The summed E-state index contributed by atoms with van der Waals surface area (Å²) >= 11 is 0. The van der Waals surface area contributed by atoms with E-state index in [-0.39, 0.29) is 41.6 Å². The standard InChI is InChI=1S/C28H35FN6O2/c1-16(2)35-15-31-26-23(29)9-19(10-24(26)35)22-11-25(30-12-17(22)3)33-27(36)18-6-5-7-21(8-18)32-28(37)20-13-34(4)14-20/h9-12,15-16,18,20-21H,5-8,13-14H2,1-4H3,(H,32,37)(H,30,33,36)/t18-,21+/m0/s1. The van der Waals surface area contributed by atoms with Crippen molar-refractivity contribution in [1.82, 2.24) is 24.8 Å². The Bertz CT molecular complexity index is 1330. The van der Waals surface area contributed by atoms with Crippen molar-refractivity contribution in [1.29, 1.82) is 0 Å². The fraction of sp³-hybridized carbons (Fsp3) is 0.500. The average Bonchev–Trinajstić information content (AvgIpc) is 3.28. The van der Waals surface area contributed by atoms with Crippen molar-refractivity contribution in [3.05, 3.63) is 42.1 Å². The molecule has 2 aliphatic rings. The second kappa shape index (κ2) is 10.2. The fourth-order valence-corrected chi connectivity index (χ4v) is 5.53. The van der Waals surface area contributed by atoms with Gasteiger partial charge in [0.15, 0.2) is 5.82 Å². The number of likely N-dealkylation sites (tertiary alicyclic amines) is 1. The van der Waals surface area contributed by atoms with Crippen molar-refractivity contribution in [2.24, 2.45) is 11.8 Å². The number of fused-ring (bicyclic) bond motifs is 1. The van der Waals surface area contributed by atoms with Crippen LogP contribution in [0.5, 0.6) is 0 Å². The lowest BCUT2D eigenvalue weighted by atomic mass is 9.84. The first-order valence-corrected chi connectivity index (χ1v) is 13.1. The molecule has 2 amide bonds. The van der Waals surface area contributed by atoms with E-state index in [0.717, 1.165) is 49.0 Å². The van der Waals surface area contributed by atoms with E-state index < -0.39 is 0 Å². The van der Waals surface area contributed by atoms with Crippen molar-refractivity contribution < 1.29 is 14.0 Å². The van der Waals surface area contributed by atoms with Gasteiger partial charge in [-0.25, -0.2) is 14.4 Å². The Morgan fingerprint density at radius 1 is 1.08 bits per heavy atom. The third-order valence-electron chi connectivity index (χ3n) is 7.68. The number of carbonyl (C=O) groups is 2. The Labute approximate surface area is 216 Å². The predicted molar refractivity (Wildman–Crippen MR) is 142 cm³/mol. The van der Waals surface area contributed by atoms with Crippen LogP contribution in [0, 0.1) is 24.6 Å². The number of amides is 2. The molecule has 1 aromatic carbocycles. The molecule has 0 unspecified atom stereocenters. The number of hydrogen-bond acceptors (Lipinski definition) is 5. The first-order valence-electron chi connectivity index (χ1n) is 13.1. The Morgan fingerprint density at radius 3 is 2.59 bits per heavy atom. The second-order valence-electron chi connectivity index (χ2n) is 10.9. The molecule has 0 radical (unpaired) electrons. The Morgan fingerprint density at radius 2 is 1.86 bits per heavy atom. The monoisotopic (exact) mass is 506 g/mol. The summed E-state index contributed by atoms with van der Waals surface area (Å²) < 4.78 is 16.9. The molecule has 2 atom stereocenters. The van der Waals surface area contributed by atoms with E-state index >= 15 is 0 Å². The molecule has 1 saturated heterocycles. The molecule has 196 valence electrons. The number of hydrogen-bond donors (Lipinski definition) is 2. The number of anilines is 1. The van der Waals surface area contributed by atoms with E-state index in [0.29, 0.717) is 23.3 Å². The SMILES string of the molecule is Cc1cnc(NC(=O)[C@H]2CCC[C@@H](NC(=O)C3CN(C)C3)C2)cc1-c1cc(F)c2ncn(C(C)C)c2c1. The minimum atomic E-state index is -0.377. The summed E-state index contributed by atoms with van der Waals surface area (Å²) in [5.41, 5.74) is 3.48. The van der Waals surface area contributed by atoms with Crippen molar-refractivity contribution in [2.45, 2.75) is 58.5 Å². The number of nitrogens with zero attached hydrogens (tertiary/aromatic N) is 4. The van der Waals surface area contributed by atoms with Gasteiger partial charge in [-0.1, -0.05) is 6.42 Å². The summed E-state index contributed by atoms with van der Waals surface area (Å²) in [4.78, 5) is 36.4. The molecule has 1 saturated carbocycles. The maximum Gasteiger partial charge on any atom is 0.228 e. The van der Waals surface area contributed by atoms with Gasteiger partial charge in [0.2, 0.25) is 11.8 Å². The molecule has 2 aromatic heterocycles. The van der Waals surface area contributed by atoms with Gasteiger partial charge >= 0.3 is 0 Å². The summed E-state index contributed by atoms with van der Waals surface area (Å²) in [5.74, 6) is -0.0766. The number of carbonyl (C=O) groups excluding carboxylic acids is 2. The summed E-state index contributed by atoms with van der Waals surface area (Å²) in [6.07, 6.45) is 6.56. The van der Waals surface area contributed by atoms with E-state index in [1.807, 2.05) is 38.5 Å². The third-order valence-corrected chi connectivity index (χ3v) is 7.68. The normalized spacial score (nSPS) is 20.7. The Balaban J connectivity index is 1.30. The van der Waals surface area contributed by atoms with Crippen molar-refractivity contribution in [2.75, 3.05) is 25.5 Å². The minimum absolute atomic E-state index is 0.0185. The molecular weight excluding hydrogens is 471 g/mol. The zero-order valence-electron chi connectivity index (χ0n) is 21.9. The number of halogens is 1. The molecule has 1 aliphatic carbocycles. The van der Waals surface area contributed by atoms with Crippen LogP contribution < -0.4 is 10.6 Å². The molecule has 3 aromatic rings. The van der Waals surface area contributed by atoms with Crippen LogP contribution in [-0.2, 0) is 9.59 Å². The van der Waals surface area contributed by atoms with Crippen LogP contribution in [0.3, 0.4) is 0 Å². The smallest absolute Gasteiger partial charge is 0.228 e. The van der Waals surface area contributed by atoms with Crippen LogP contribution in [0.4, 0.5) is 10.2 Å². The second-order valence-corrected chi connectivity index (χ2v) is 10.9. The van der Waals surface area contributed by atoms with E-state index in [2.05, 4.69) is 25.5 Å². The van der Waals surface area contributed by atoms with Crippen LogP contribution in [0.1, 0.15) is 51.1 Å². The summed E-state index contributed by atoms with van der Waals surface area (Å²) in [6.45, 7) is 7.57. The largest absolute Gasteiger partial charge is 0.353 e. The van der Waals surface area contributed by atoms with Crippen molar-refractivity contribution >= 4 is 28.7 Å². The average molecular weight is 507 g/mol. The summed E-state index contributed by atoms with van der Waals surface area (Å²) in [5, 5.41) is 6.12. The van der Waals surface area contributed by atoms with Crippen LogP contribution in [0.2, 0.25) is 0 Å². The highest BCUT2D eigenvalue weighted by atomic mass is 19.1.